The maximum absolute atomic E-state index is 14.5. The SMILES string of the molecule is CC[C@H]1OC(=O)[C@H](C)[C@@H](O[C@H]2C[C@@](C)(OC)[C@@H](O)[C@H](C)O2)[C@H](C)[C@@H](O[C@@H]2O[C@H](C)C[C@H](N(C)C)[C@H]2O)[C@](C)(O)C[C@@H](C)CN(CCCNC(=O)Nc2ccc(C(F)(F)F)cc2)[C@H](C)[C@@H](O)[C@]1(C)O.O=CO. The molecule has 3 aliphatic heterocycles. The molecule has 0 bridgehead atoms. The third kappa shape index (κ3) is 16.4. The Morgan fingerprint density at radius 1 is 0.972 bits per heavy atom. The Labute approximate surface area is 416 Å². The predicted molar refractivity (Wildman–Crippen MR) is 255 cm³/mol. The highest BCUT2D eigenvalue weighted by molar-refractivity contribution is 5.89. The minimum absolute atomic E-state index is 0.0664. The van der Waals surface area contributed by atoms with Gasteiger partial charge in [-0.15, -0.1) is 0 Å². The van der Waals surface area contributed by atoms with E-state index in [0.717, 1.165) is 24.3 Å². The lowest BCUT2D eigenvalue weighted by Crippen LogP contribution is -2.60. The fourth-order valence-corrected chi connectivity index (χ4v) is 10.3. The van der Waals surface area contributed by atoms with E-state index in [4.69, 9.17) is 38.3 Å². The van der Waals surface area contributed by atoms with Crippen molar-refractivity contribution in [2.75, 3.05) is 46.2 Å². The molecule has 3 heterocycles. The largest absolute Gasteiger partial charge is 0.483 e. The first kappa shape index (κ1) is 62.0. The van der Waals surface area contributed by atoms with Crippen molar-refractivity contribution in [2.24, 2.45) is 17.8 Å². The fourth-order valence-electron chi connectivity index (χ4n) is 10.3. The molecule has 0 aromatic heterocycles. The van der Waals surface area contributed by atoms with Crippen molar-refractivity contribution >= 4 is 24.2 Å². The van der Waals surface area contributed by atoms with Crippen molar-refractivity contribution in [2.45, 2.75) is 198 Å². The smallest absolute Gasteiger partial charge is 0.416 e. The van der Waals surface area contributed by atoms with Crippen molar-refractivity contribution < 1.29 is 86.6 Å². The van der Waals surface area contributed by atoms with E-state index in [-0.39, 0.29) is 69.1 Å². The average Bonchev–Trinajstić information content (AvgIpc) is 3.28. The van der Waals surface area contributed by atoms with Gasteiger partial charge >= 0.3 is 18.2 Å². The van der Waals surface area contributed by atoms with E-state index in [1.54, 1.807) is 48.5 Å². The number of benzene rings is 1. The third-order valence-electron chi connectivity index (χ3n) is 14.4. The van der Waals surface area contributed by atoms with Gasteiger partial charge in [0, 0.05) is 56.9 Å². The van der Waals surface area contributed by atoms with E-state index in [0.29, 0.717) is 12.8 Å². The van der Waals surface area contributed by atoms with Gasteiger partial charge in [0.25, 0.3) is 6.47 Å². The summed E-state index contributed by atoms with van der Waals surface area (Å²) in [7, 11) is 5.17. The molecular weight excluding hydrogens is 942 g/mol. The summed E-state index contributed by atoms with van der Waals surface area (Å²) in [5.74, 6) is -3.10. The number of aliphatic hydroxyl groups excluding tert-OH is 3. The molecule has 8 N–H and O–H groups in total. The second-order valence-electron chi connectivity index (χ2n) is 20.6. The lowest BCUT2D eigenvalue weighted by molar-refractivity contribution is -0.318. The van der Waals surface area contributed by atoms with Gasteiger partial charge in [0.1, 0.15) is 30.0 Å². The molecule has 19 nitrogen and oxygen atoms in total. The maximum Gasteiger partial charge on any atom is 0.416 e. The van der Waals surface area contributed by atoms with Crippen LogP contribution >= 0.6 is 0 Å². The molecule has 0 spiro atoms. The first-order valence-electron chi connectivity index (χ1n) is 24.5. The van der Waals surface area contributed by atoms with Gasteiger partial charge in [0.2, 0.25) is 0 Å². The Kier molecular flexibility index (Phi) is 23.0. The summed E-state index contributed by atoms with van der Waals surface area (Å²) < 4.78 is 77.0. The van der Waals surface area contributed by atoms with Gasteiger partial charge in [-0.2, -0.15) is 13.2 Å². The van der Waals surface area contributed by atoms with Gasteiger partial charge in [-0.25, -0.2) is 4.79 Å². The van der Waals surface area contributed by atoms with Crippen LogP contribution in [0.25, 0.3) is 0 Å². The summed E-state index contributed by atoms with van der Waals surface area (Å²) in [4.78, 5) is 39.4. The number of hydrogen-bond acceptors (Lipinski definition) is 16. The first-order chi connectivity index (χ1) is 32.9. The molecule has 2 amide bonds. The minimum Gasteiger partial charge on any atom is -0.483 e. The van der Waals surface area contributed by atoms with Crippen LogP contribution in [0.5, 0.6) is 0 Å². The molecule has 3 saturated heterocycles. The highest BCUT2D eigenvalue weighted by atomic mass is 19.4. The molecular formula is C49H83F3N4O15. The molecule has 0 unspecified atom stereocenters. The van der Waals surface area contributed by atoms with E-state index in [1.165, 1.54) is 14.0 Å². The number of methoxy groups -OCH3 is 1. The molecule has 4 rings (SSSR count). The number of ether oxygens (including phenoxy) is 6. The van der Waals surface area contributed by atoms with Crippen LogP contribution in [-0.2, 0) is 44.2 Å². The number of carbonyl (C=O) groups is 3. The van der Waals surface area contributed by atoms with E-state index < -0.39 is 114 Å². The van der Waals surface area contributed by atoms with Crippen LogP contribution in [0.2, 0.25) is 0 Å². The highest BCUT2D eigenvalue weighted by Gasteiger charge is 2.53. The summed E-state index contributed by atoms with van der Waals surface area (Å²) in [6.45, 7) is 17.4. The summed E-state index contributed by atoms with van der Waals surface area (Å²) in [6, 6.07) is 2.28. The van der Waals surface area contributed by atoms with Crippen molar-refractivity contribution in [1.29, 1.82) is 0 Å². The van der Waals surface area contributed by atoms with Gasteiger partial charge in [-0.05, 0) is 118 Å². The van der Waals surface area contributed by atoms with Gasteiger partial charge in [0.05, 0.1) is 47.1 Å². The molecule has 22 heteroatoms. The third-order valence-corrected chi connectivity index (χ3v) is 14.4. The van der Waals surface area contributed by atoms with Crippen LogP contribution in [0.4, 0.5) is 23.7 Å². The second-order valence-corrected chi connectivity index (χ2v) is 20.6. The van der Waals surface area contributed by atoms with E-state index in [1.807, 2.05) is 37.7 Å². The molecule has 18 atom stereocenters. The number of anilines is 1. The fraction of sp³-hybridized carbons (Fsp3) is 0.816. The Balaban J connectivity index is 0.00000432. The molecule has 0 aliphatic carbocycles. The second kappa shape index (κ2) is 26.3. The summed E-state index contributed by atoms with van der Waals surface area (Å²) >= 11 is 0. The summed E-state index contributed by atoms with van der Waals surface area (Å²) in [6.07, 6.45) is -13.9. The number of nitrogens with zero attached hydrogens (tertiary/aromatic N) is 2. The number of urea groups is 1. The number of likely N-dealkylation sites (N-methyl/N-ethyl adjacent to an activating group) is 1. The number of amides is 2. The Bertz CT molecular complexity index is 1820. The number of esters is 1. The lowest BCUT2D eigenvalue weighted by atomic mass is 9.77. The van der Waals surface area contributed by atoms with E-state index in [9.17, 15) is 48.3 Å². The van der Waals surface area contributed by atoms with Crippen LogP contribution in [0.3, 0.4) is 0 Å². The number of rotatable bonds is 12. The molecule has 0 radical (unpaired) electrons. The number of halogens is 3. The Hall–Kier alpha value is -3.26. The highest BCUT2D eigenvalue weighted by Crippen LogP contribution is 2.40. The Morgan fingerprint density at radius 2 is 1.58 bits per heavy atom. The number of carbonyl (C=O) groups excluding carboxylic acids is 2. The van der Waals surface area contributed by atoms with E-state index in [2.05, 4.69) is 10.6 Å². The summed E-state index contributed by atoms with van der Waals surface area (Å²) in [5, 5.41) is 71.8. The zero-order chi connectivity index (χ0) is 54.0. The molecule has 410 valence electrons. The average molecular weight is 1030 g/mol. The molecule has 3 fully saturated rings. The van der Waals surface area contributed by atoms with Crippen LogP contribution in [-0.4, -0.2) is 190 Å². The summed E-state index contributed by atoms with van der Waals surface area (Å²) in [5.41, 5.74) is -5.48. The molecule has 1 aromatic rings. The van der Waals surface area contributed by atoms with Gasteiger partial charge in [0.15, 0.2) is 12.6 Å². The zero-order valence-electron chi connectivity index (χ0n) is 43.6. The molecule has 3 aliphatic rings. The van der Waals surface area contributed by atoms with Crippen LogP contribution in [0.1, 0.15) is 107 Å². The monoisotopic (exact) mass is 1020 g/mol. The minimum atomic E-state index is -4.52. The van der Waals surface area contributed by atoms with Crippen LogP contribution in [0.15, 0.2) is 24.3 Å². The number of nitrogens with one attached hydrogen (secondary N) is 2. The van der Waals surface area contributed by atoms with Gasteiger partial charge < -0.3 is 74.6 Å². The number of cyclic esters (lactones) is 1. The van der Waals surface area contributed by atoms with Crippen molar-refractivity contribution in [3.8, 4) is 0 Å². The van der Waals surface area contributed by atoms with Crippen molar-refractivity contribution in [3.05, 3.63) is 29.8 Å². The molecule has 0 saturated carbocycles. The Morgan fingerprint density at radius 3 is 2.13 bits per heavy atom. The zero-order valence-corrected chi connectivity index (χ0v) is 43.6. The standard InChI is InChI=1S/C48H81F3N4O13.CH2O2/c1-14-35-47(10,62)39(57)30(6)55(21-15-20-52-44(60)53-33-18-16-32(17-19-33)48(49,50)51)25-26(2)23-45(8,61)41(68-43-37(56)34(54(11)12)22-27(3)64-43)28(4)38(29(5)42(59)66-35)67-36-24-46(9,63-13)40(58)31(7)65-36;2-1-3/h16-19,26-31,34-41,43,56-58,61-62H,14-15,20-25H2,1-13H3,(H2,52,53,60);1H,(H,2,3)/t26-,27-,28+,29-,30-,31+,34+,35-,36+,37-,38+,39-,40+,41-,43+,45-,46-,47-;/m1./s1. The number of hydrogen-bond donors (Lipinski definition) is 8. The molecule has 71 heavy (non-hydrogen) atoms. The predicted octanol–water partition coefficient (Wildman–Crippen LogP) is 4.20. The quantitative estimate of drug-likeness (QED) is 0.0829. The number of carboxylic acid groups (broad SMARTS) is 1. The van der Waals surface area contributed by atoms with Gasteiger partial charge in [-0.1, -0.05) is 20.8 Å². The number of alkyl halides is 3. The normalized spacial score (nSPS) is 39.2. The van der Waals surface area contributed by atoms with Crippen LogP contribution in [0, 0.1) is 17.8 Å². The number of aliphatic hydroxyl groups is 5. The topological polar surface area (TPSA) is 259 Å². The first-order valence-corrected chi connectivity index (χ1v) is 24.5. The van der Waals surface area contributed by atoms with Crippen molar-refractivity contribution in [1.82, 2.24) is 15.1 Å². The van der Waals surface area contributed by atoms with E-state index >= 15 is 0 Å². The van der Waals surface area contributed by atoms with Gasteiger partial charge in [-0.3, -0.25) is 14.5 Å². The molecule has 1 aromatic carbocycles. The lowest BCUT2D eigenvalue weighted by Gasteiger charge is -2.48. The van der Waals surface area contributed by atoms with Crippen molar-refractivity contribution in [3.63, 3.8) is 0 Å². The maximum atomic E-state index is 14.5. The van der Waals surface area contributed by atoms with Crippen LogP contribution < -0.4 is 10.6 Å².